The summed E-state index contributed by atoms with van der Waals surface area (Å²) in [5.41, 5.74) is 7.52. The Morgan fingerprint density at radius 3 is 2.54 bits per heavy atom. The van der Waals surface area contributed by atoms with Gasteiger partial charge in [0, 0.05) is 18.1 Å². The monoisotopic (exact) mass is 328 g/mol. The molecule has 4 N–H and O–H groups in total. The van der Waals surface area contributed by atoms with E-state index in [0.717, 1.165) is 19.0 Å². The number of aliphatic imine (C=N–C) groups is 1. The van der Waals surface area contributed by atoms with Crippen LogP contribution in [0.15, 0.2) is 35.3 Å². The number of guanidine groups is 1. The van der Waals surface area contributed by atoms with Crippen molar-refractivity contribution >= 4 is 5.96 Å². The zero-order valence-corrected chi connectivity index (χ0v) is 14.9. The summed E-state index contributed by atoms with van der Waals surface area (Å²) in [4.78, 5) is 4.68. The lowest BCUT2D eigenvalue weighted by Crippen LogP contribution is -2.48. The average molecular weight is 329 g/mol. The lowest BCUT2D eigenvalue weighted by Gasteiger charge is -2.33. The highest BCUT2D eigenvalue weighted by atomic mass is 15.1. The predicted octanol–water partition coefficient (Wildman–Crippen LogP) is 3.35. The van der Waals surface area contributed by atoms with Crippen LogP contribution < -0.4 is 16.4 Å². The fraction of sp³-hybridized carbons (Fsp3) is 0.650. The predicted molar refractivity (Wildman–Crippen MR) is 101 cm³/mol. The van der Waals surface area contributed by atoms with E-state index in [-0.39, 0.29) is 5.54 Å². The molecule has 1 aromatic rings. The van der Waals surface area contributed by atoms with Gasteiger partial charge in [0.05, 0.1) is 6.54 Å². The first kappa shape index (κ1) is 17.3. The Morgan fingerprint density at radius 1 is 1.21 bits per heavy atom. The first-order chi connectivity index (χ1) is 11.7. The van der Waals surface area contributed by atoms with Crippen LogP contribution in [0.4, 0.5) is 0 Å². The maximum absolute atomic E-state index is 6.09. The van der Waals surface area contributed by atoms with Gasteiger partial charge in [-0.1, -0.05) is 49.6 Å². The third kappa shape index (κ3) is 4.50. The minimum Gasteiger partial charge on any atom is -0.370 e. The molecule has 4 nitrogen and oxygen atoms in total. The summed E-state index contributed by atoms with van der Waals surface area (Å²) in [7, 11) is 0. The molecular formula is C20H32N4. The van der Waals surface area contributed by atoms with E-state index in [2.05, 4.69) is 52.9 Å². The number of hydrogen-bond acceptors (Lipinski definition) is 2. The summed E-state index contributed by atoms with van der Waals surface area (Å²) in [6.45, 7) is 4.00. The molecule has 132 valence electrons. The molecular weight excluding hydrogens is 296 g/mol. The highest BCUT2D eigenvalue weighted by Gasteiger charge is 2.34. The van der Waals surface area contributed by atoms with Crippen LogP contribution in [0.3, 0.4) is 0 Å². The van der Waals surface area contributed by atoms with E-state index in [1.165, 1.54) is 50.5 Å². The van der Waals surface area contributed by atoms with Crippen molar-refractivity contribution < 1.29 is 0 Å². The van der Waals surface area contributed by atoms with Crippen LogP contribution in [0.2, 0.25) is 0 Å². The summed E-state index contributed by atoms with van der Waals surface area (Å²) in [6.07, 6.45) is 8.96. The Morgan fingerprint density at radius 2 is 1.92 bits per heavy atom. The maximum atomic E-state index is 6.09. The SMILES string of the molecule is CC(NC1(CN=C(N)NCC2CCC2)CCCC1)c1ccccc1. The van der Waals surface area contributed by atoms with Gasteiger partial charge in [0.2, 0.25) is 0 Å². The van der Waals surface area contributed by atoms with Crippen LogP contribution in [-0.4, -0.2) is 24.6 Å². The molecule has 0 aromatic heterocycles. The Hall–Kier alpha value is -1.55. The van der Waals surface area contributed by atoms with Gasteiger partial charge in [-0.25, -0.2) is 0 Å². The molecule has 0 amide bonds. The summed E-state index contributed by atoms with van der Waals surface area (Å²) in [5.74, 6) is 1.41. The summed E-state index contributed by atoms with van der Waals surface area (Å²) >= 11 is 0. The van der Waals surface area contributed by atoms with Gasteiger partial charge in [0.25, 0.3) is 0 Å². The van der Waals surface area contributed by atoms with Gasteiger partial charge >= 0.3 is 0 Å². The minimum atomic E-state index is 0.0953. The second-order valence-electron chi connectivity index (χ2n) is 7.64. The number of nitrogens with two attached hydrogens (primary N) is 1. The van der Waals surface area contributed by atoms with E-state index in [0.29, 0.717) is 12.0 Å². The zero-order valence-electron chi connectivity index (χ0n) is 14.9. The molecule has 2 fully saturated rings. The van der Waals surface area contributed by atoms with Gasteiger partial charge < -0.3 is 16.4 Å². The van der Waals surface area contributed by atoms with Crippen LogP contribution >= 0.6 is 0 Å². The summed E-state index contributed by atoms with van der Waals surface area (Å²) in [6, 6.07) is 11.0. The number of nitrogens with zero attached hydrogens (tertiary/aromatic N) is 1. The highest BCUT2D eigenvalue weighted by Crippen LogP contribution is 2.32. The topological polar surface area (TPSA) is 62.4 Å². The van der Waals surface area contributed by atoms with Crippen LogP contribution in [0.25, 0.3) is 0 Å². The van der Waals surface area contributed by atoms with Crippen molar-refractivity contribution in [2.75, 3.05) is 13.1 Å². The van der Waals surface area contributed by atoms with Crippen LogP contribution in [-0.2, 0) is 0 Å². The Labute approximate surface area is 146 Å². The quantitative estimate of drug-likeness (QED) is 0.531. The van der Waals surface area contributed by atoms with Crippen LogP contribution in [0.1, 0.15) is 63.5 Å². The maximum Gasteiger partial charge on any atom is 0.188 e. The van der Waals surface area contributed by atoms with Crippen molar-refractivity contribution in [3.63, 3.8) is 0 Å². The van der Waals surface area contributed by atoms with E-state index in [1.807, 2.05) is 0 Å². The van der Waals surface area contributed by atoms with Gasteiger partial charge in [-0.3, -0.25) is 4.99 Å². The van der Waals surface area contributed by atoms with Crippen LogP contribution in [0, 0.1) is 5.92 Å². The molecule has 2 aliphatic rings. The molecule has 24 heavy (non-hydrogen) atoms. The summed E-state index contributed by atoms with van der Waals surface area (Å²) < 4.78 is 0. The smallest absolute Gasteiger partial charge is 0.188 e. The van der Waals surface area contributed by atoms with Crippen molar-refractivity contribution in [1.82, 2.24) is 10.6 Å². The number of rotatable bonds is 7. The Balaban J connectivity index is 1.56. The van der Waals surface area contributed by atoms with Crippen molar-refractivity contribution in [2.24, 2.45) is 16.6 Å². The molecule has 4 heteroatoms. The van der Waals surface area contributed by atoms with Crippen molar-refractivity contribution in [1.29, 1.82) is 0 Å². The first-order valence-corrected chi connectivity index (χ1v) is 9.53. The van der Waals surface area contributed by atoms with E-state index < -0.39 is 0 Å². The zero-order chi connectivity index (χ0) is 16.8. The molecule has 2 aliphatic carbocycles. The number of hydrogen-bond donors (Lipinski definition) is 3. The molecule has 0 aliphatic heterocycles. The average Bonchev–Trinajstić information content (AvgIpc) is 3.01. The molecule has 3 rings (SSSR count). The molecule has 0 heterocycles. The molecule has 1 unspecified atom stereocenters. The van der Waals surface area contributed by atoms with E-state index in [1.54, 1.807) is 0 Å². The van der Waals surface area contributed by atoms with Gasteiger partial charge in [-0.15, -0.1) is 0 Å². The molecule has 1 atom stereocenters. The van der Waals surface area contributed by atoms with E-state index >= 15 is 0 Å². The Kier molecular flexibility index (Phi) is 5.77. The lowest BCUT2D eigenvalue weighted by molar-refractivity contribution is 0.305. The van der Waals surface area contributed by atoms with Crippen molar-refractivity contribution in [3.8, 4) is 0 Å². The van der Waals surface area contributed by atoms with Gasteiger partial charge in [0.1, 0.15) is 0 Å². The third-order valence-electron chi connectivity index (χ3n) is 5.73. The summed E-state index contributed by atoms with van der Waals surface area (Å²) in [5, 5.41) is 7.17. The first-order valence-electron chi connectivity index (χ1n) is 9.53. The molecule has 0 radical (unpaired) electrons. The van der Waals surface area contributed by atoms with Crippen LogP contribution in [0.5, 0.6) is 0 Å². The van der Waals surface area contributed by atoms with Gasteiger partial charge in [-0.05, 0) is 44.1 Å². The standard InChI is InChI=1S/C20H32N4/c1-16(18-10-3-2-4-11-18)24-20(12-5-6-13-20)15-23-19(21)22-14-17-8-7-9-17/h2-4,10-11,16-17,24H,5-9,12-15H2,1H3,(H3,21,22,23). The molecule has 1 aromatic carbocycles. The number of nitrogens with one attached hydrogen (secondary N) is 2. The van der Waals surface area contributed by atoms with Gasteiger partial charge in [-0.2, -0.15) is 0 Å². The van der Waals surface area contributed by atoms with Gasteiger partial charge in [0.15, 0.2) is 5.96 Å². The second-order valence-corrected chi connectivity index (χ2v) is 7.64. The van der Waals surface area contributed by atoms with E-state index in [9.17, 15) is 0 Å². The molecule has 0 saturated heterocycles. The fourth-order valence-electron chi connectivity index (χ4n) is 3.92. The minimum absolute atomic E-state index is 0.0953. The molecule has 0 bridgehead atoms. The van der Waals surface area contributed by atoms with E-state index in [4.69, 9.17) is 5.73 Å². The normalized spacial score (nSPS) is 22.1. The number of benzene rings is 1. The third-order valence-corrected chi connectivity index (χ3v) is 5.73. The lowest BCUT2D eigenvalue weighted by atomic mass is 9.85. The molecule has 2 saturated carbocycles. The fourth-order valence-corrected chi connectivity index (χ4v) is 3.92. The highest BCUT2D eigenvalue weighted by molar-refractivity contribution is 5.77. The van der Waals surface area contributed by atoms with Crippen molar-refractivity contribution in [3.05, 3.63) is 35.9 Å². The second kappa shape index (κ2) is 8.02. The van der Waals surface area contributed by atoms with Crippen molar-refractivity contribution in [2.45, 2.75) is 63.5 Å². The largest absolute Gasteiger partial charge is 0.370 e. The Bertz CT molecular complexity index is 530. The molecule has 0 spiro atoms.